The third-order valence-corrected chi connectivity index (χ3v) is 3.94. The predicted molar refractivity (Wildman–Crippen MR) is 83.2 cm³/mol. The SMILES string of the molecule is CC(=O)c1c(C)oc2ncn(C(C)c3ccc(F)cc3)c(=O)c12. The van der Waals surface area contributed by atoms with Crippen molar-refractivity contribution in [3.8, 4) is 0 Å². The lowest BCUT2D eigenvalue weighted by molar-refractivity contribution is 0.101. The summed E-state index contributed by atoms with van der Waals surface area (Å²) >= 11 is 0. The van der Waals surface area contributed by atoms with Crippen LogP contribution in [0.5, 0.6) is 0 Å². The summed E-state index contributed by atoms with van der Waals surface area (Å²) in [7, 11) is 0. The number of carbonyl (C=O) groups is 1. The van der Waals surface area contributed by atoms with E-state index in [2.05, 4.69) is 4.98 Å². The van der Waals surface area contributed by atoms with Crippen molar-refractivity contribution in [2.24, 2.45) is 0 Å². The molecule has 6 heteroatoms. The first kappa shape index (κ1) is 15.1. The Morgan fingerprint density at radius 2 is 1.96 bits per heavy atom. The molecule has 5 nitrogen and oxygen atoms in total. The van der Waals surface area contributed by atoms with Crippen molar-refractivity contribution >= 4 is 16.9 Å². The van der Waals surface area contributed by atoms with Crippen LogP contribution in [0.15, 0.2) is 39.8 Å². The second-order valence-corrected chi connectivity index (χ2v) is 5.45. The van der Waals surface area contributed by atoms with Gasteiger partial charge in [-0.2, -0.15) is 0 Å². The number of Topliss-reactive ketones (excluding diaryl/α,β-unsaturated/α-hetero) is 1. The number of benzene rings is 1. The molecule has 0 spiro atoms. The number of hydrogen-bond acceptors (Lipinski definition) is 4. The summed E-state index contributed by atoms with van der Waals surface area (Å²) in [6.45, 7) is 4.83. The minimum atomic E-state index is -0.353. The summed E-state index contributed by atoms with van der Waals surface area (Å²) in [6, 6.07) is 5.55. The third-order valence-electron chi connectivity index (χ3n) is 3.94. The minimum Gasteiger partial charge on any atom is -0.442 e. The van der Waals surface area contributed by atoms with Gasteiger partial charge in [-0.3, -0.25) is 14.2 Å². The molecule has 1 aromatic carbocycles. The number of carbonyl (C=O) groups excluding carboxylic acids is 1. The van der Waals surface area contributed by atoms with Crippen molar-refractivity contribution in [3.05, 3.63) is 63.7 Å². The Kier molecular flexibility index (Phi) is 3.60. The van der Waals surface area contributed by atoms with Gasteiger partial charge in [0.05, 0.1) is 11.6 Å². The van der Waals surface area contributed by atoms with Crippen LogP contribution in [0.4, 0.5) is 4.39 Å². The number of ketones is 1. The Morgan fingerprint density at radius 3 is 2.57 bits per heavy atom. The summed E-state index contributed by atoms with van der Waals surface area (Å²) in [5, 5.41) is 0.187. The Balaban J connectivity index is 2.21. The zero-order chi connectivity index (χ0) is 16.7. The first-order valence-corrected chi connectivity index (χ1v) is 7.16. The second-order valence-electron chi connectivity index (χ2n) is 5.45. The summed E-state index contributed by atoms with van der Waals surface area (Å²) < 4.78 is 19.9. The van der Waals surface area contributed by atoms with Crippen molar-refractivity contribution in [3.63, 3.8) is 0 Å². The van der Waals surface area contributed by atoms with Crippen molar-refractivity contribution in [2.45, 2.75) is 26.8 Å². The molecule has 0 fully saturated rings. The smallest absolute Gasteiger partial charge is 0.265 e. The first-order valence-electron chi connectivity index (χ1n) is 7.16. The summed E-state index contributed by atoms with van der Waals surface area (Å²) in [5.74, 6) is -0.206. The molecule has 0 aliphatic carbocycles. The lowest BCUT2D eigenvalue weighted by atomic mass is 10.1. The molecule has 2 heterocycles. The monoisotopic (exact) mass is 314 g/mol. The standard InChI is InChI=1S/C17H15FN2O3/c1-9(12-4-6-13(18)7-5-12)20-8-19-16-15(17(20)22)14(10(2)21)11(3)23-16/h4-9H,1-3H3. The van der Waals surface area contributed by atoms with Gasteiger partial charge in [-0.1, -0.05) is 12.1 Å². The molecular weight excluding hydrogens is 299 g/mol. The quantitative estimate of drug-likeness (QED) is 0.696. The molecular formula is C17H15FN2O3. The van der Waals surface area contributed by atoms with E-state index < -0.39 is 0 Å². The van der Waals surface area contributed by atoms with Gasteiger partial charge in [0.15, 0.2) is 5.78 Å². The van der Waals surface area contributed by atoms with E-state index >= 15 is 0 Å². The van der Waals surface area contributed by atoms with Crippen LogP contribution in [-0.2, 0) is 0 Å². The lowest BCUT2D eigenvalue weighted by Gasteiger charge is -2.15. The van der Waals surface area contributed by atoms with Crippen LogP contribution in [0.3, 0.4) is 0 Å². The Bertz CT molecular complexity index is 954. The molecule has 0 N–H and O–H groups in total. The lowest BCUT2D eigenvalue weighted by Crippen LogP contribution is -2.25. The molecule has 23 heavy (non-hydrogen) atoms. The van der Waals surface area contributed by atoms with E-state index in [1.807, 2.05) is 6.92 Å². The molecule has 0 radical (unpaired) electrons. The van der Waals surface area contributed by atoms with Gasteiger partial charge in [-0.25, -0.2) is 9.37 Å². The number of furan rings is 1. The zero-order valence-electron chi connectivity index (χ0n) is 13.0. The number of aryl methyl sites for hydroxylation is 1. The van der Waals surface area contributed by atoms with Gasteiger partial charge in [0.1, 0.15) is 23.3 Å². The summed E-state index contributed by atoms with van der Waals surface area (Å²) in [4.78, 5) is 28.7. The zero-order valence-corrected chi connectivity index (χ0v) is 13.0. The molecule has 3 rings (SSSR count). The number of hydrogen-bond donors (Lipinski definition) is 0. The molecule has 0 amide bonds. The molecule has 118 valence electrons. The van der Waals surface area contributed by atoms with Crippen molar-refractivity contribution in [2.75, 3.05) is 0 Å². The Morgan fingerprint density at radius 1 is 1.30 bits per heavy atom. The van der Waals surface area contributed by atoms with Gasteiger partial charge in [0.25, 0.3) is 5.56 Å². The van der Waals surface area contributed by atoms with Crippen LogP contribution in [0, 0.1) is 12.7 Å². The van der Waals surface area contributed by atoms with E-state index in [0.717, 1.165) is 5.56 Å². The molecule has 0 saturated carbocycles. The van der Waals surface area contributed by atoms with E-state index in [4.69, 9.17) is 4.42 Å². The topological polar surface area (TPSA) is 65.1 Å². The van der Waals surface area contributed by atoms with Crippen LogP contribution in [0.1, 0.15) is 41.6 Å². The average molecular weight is 314 g/mol. The van der Waals surface area contributed by atoms with Crippen molar-refractivity contribution in [1.82, 2.24) is 9.55 Å². The number of fused-ring (bicyclic) bond motifs is 1. The fraction of sp³-hybridized carbons (Fsp3) is 0.235. The summed E-state index contributed by atoms with van der Waals surface area (Å²) in [6.07, 6.45) is 1.38. The molecule has 0 aliphatic heterocycles. The van der Waals surface area contributed by atoms with Crippen LogP contribution in [0.25, 0.3) is 11.1 Å². The van der Waals surface area contributed by atoms with Crippen molar-refractivity contribution < 1.29 is 13.6 Å². The highest BCUT2D eigenvalue weighted by Crippen LogP contribution is 2.23. The molecule has 2 aromatic heterocycles. The van der Waals surface area contributed by atoms with Crippen LogP contribution >= 0.6 is 0 Å². The van der Waals surface area contributed by atoms with Crippen LogP contribution < -0.4 is 5.56 Å². The second kappa shape index (κ2) is 5.46. The average Bonchev–Trinajstić information content (AvgIpc) is 2.85. The van der Waals surface area contributed by atoms with Crippen LogP contribution in [0.2, 0.25) is 0 Å². The fourth-order valence-corrected chi connectivity index (χ4v) is 2.72. The maximum Gasteiger partial charge on any atom is 0.265 e. The minimum absolute atomic E-state index is 0.153. The molecule has 1 atom stereocenters. The number of rotatable bonds is 3. The highest BCUT2D eigenvalue weighted by Gasteiger charge is 2.21. The van der Waals surface area contributed by atoms with Crippen LogP contribution in [-0.4, -0.2) is 15.3 Å². The molecule has 0 aliphatic rings. The van der Waals surface area contributed by atoms with Gasteiger partial charge in [-0.15, -0.1) is 0 Å². The molecule has 3 aromatic rings. The maximum atomic E-state index is 13.1. The molecule has 1 unspecified atom stereocenters. The summed E-state index contributed by atoms with van der Waals surface area (Å²) in [5.41, 5.74) is 0.825. The Hall–Kier alpha value is -2.76. The van der Waals surface area contributed by atoms with Gasteiger partial charge in [0, 0.05) is 0 Å². The maximum absolute atomic E-state index is 13.1. The molecule has 0 saturated heterocycles. The Labute approximate surface area is 131 Å². The highest BCUT2D eigenvalue weighted by molar-refractivity contribution is 6.06. The van der Waals surface area contributed by atoms with E-state index in [0.29, 0.717) is 5.76 Å². The van der Waals surface area contributed by atoms with Gasteiger partial charge in [0.2, 0.25) is 5.71 Å². The predicted octanol–water partition coefficient (Wildman–Crippen LogP) is 3.25. The van der Waals surface area contributed by atoms with E-state index in [1.54, 1.807) is 19.1 Å². The van der Waals surface area contributed by atoms with Gasteiger partial charge < -0.3 is 4.42 Å². The number of halogens is 1. The van der Waals surface area contributed by atoms with E-state index in [1.165, 1.54) is 30.0 Å². The third kappa shape index (κ3) is 2.46. The van der Waals surface area contributed by atoms with Crippen molar-refractivity contribution in [1.29, 1.82) is 0 Å². The number of nitrogens with zero attached hydrogens (tertiary/aromatic N) is 2. The normalized spacial score (nSPS) is 12.5. The van der Waals surface area contributed by atoms with E-state index in [-0.39, 0.29) is 39.9 Å². The highest BCUT2D eigenvalue weighted by atomic mass is 19.1. The number of aromatic nitrogens is 2. The van der Waals surface area contributed by atoms with Gasteiger partial charge in [-0.05, 0) is 38.5 Å². The molecule has 0 bridgehead atoms. The van der Waals surface area contributed by atoms with Gasteiger partial charge >= 0.3 is 0 Å². The largest absolute Gasteiger partial charge is 0.442 e. The first-order chi connectivity index (χ1) is 10.9. The fourth-order valence-electron chi connectivity index (χ4n) is 2.72. The van der Waals surface area contributed by atoms with E-state index in [9.17, 15) is 14.0 Å².